The Balaban J connectivity index is 1.91. The molecule has 3 rings (SSSR count). The molecule has 7 nitrogen and oxygen atoms in total. The van der Waals surface area contributed by atoms with Crippen LogP contribution in [0.3, 0.4) is 0 Å². The number of carbonyl (C=O) groups excluding carboxylic acids is 3. The van der Waals surface area contributed by atoms with Crippen molar-refractivity contribution >= 4 is 29.4 Å². The third-order valence-electron chi connectivity index (χ3n) is 3.75. The number of anilines is 1. The van der Waals surface area contributed by atoms with Gasteiger partial charge < -0.3 is 10.4 Å². The minimum absolute atomic E-state index is 0.00465. The number of amides is 3. The highest BCUT2D eigenvalue weighted by Crippen LogP contribution is 2.25. The summed E-state index contributed by atoms with van der Waals surface area (Å²) >= 11 is 0. The minimum Gasteiger partial charge on any atom is -0.478 e. The van der Waals surface area contributed by atoms with E-state index in [4.69, 9.17) is 5.11 Å². The van der Waals surface area contributed by atoms with Gasteiger partial charge in [-0.25, -0.2) is 4.79 Å². The molecule has 2 N–H and O–H groups in total. The van der Waals surface area contributed by atoms with E-state index in [2.05, 4.69) is 5.32 Å². The second-order valence-corrected chi connectivity index (χ2v) is 5.23. The molecule has 0 atom stereocenters. The average molecular weight is 324 g/mol. The Morgan fingerprint density at radius 2 is 1.58 bits per heavy atom. The van der Waals surface area contributed by atoms with Gasteiger partial charge in [-0.05, 0) is 30.3 Å². The molecule has 120 valence electrons. The molecule has 24 heavy (non-hydrogen) atoms. The number of nitrogens with one attached hydrogen (secondary N) is 1. The molecule has 1 aliphatic rings. The molecule has 0 aromatic heterocycles. The number of imide groups is 1. The van der Waals surface area contributed by atoms with Crippen molar-refractivity contribution in [2.24, 2.45) is 0 Å². The van der Waals surface area contributed by atoms with Crippen molar-refractivity contribution in [1.82, 2.24) is 4.90 Å². The van der Waals surface area contributed by atoms with Gasteiger partial charge in [0.25, 0.3) is 17.7 Å². The molecule has 2 aromatic rings. The predicted octanol–water partition coefficient (Wildman–Crippen LogP) is 1.86. The van der Waals surface area contributed by atoms with Gasteiger partial charge >= 0.3 is 5.97 Å². The lowest BCUT2D eigenvalue weighted by atomic mass is 10.1. The summed E-state index contributed by atoms with van der Waals surface area (Å²) in [5.41, 5.74) is 0.654. The van der Waals surface area contributed by atoms with Gasteiger partial charge in [0.1, 0.15) is 0 Å². The SMILES string of the molecule is CN1C(=O)c2ccc(NC(=O)c3ccccc3C(=O)O)cc2C1=O. The number of fused-ring (bicyclic) bond motifs is 1. The average Bonchev–Trinajstić information content (AvgIpc) is 2.79. The van der Waals surface area contributed by atoms with Crippen molar-refractivity contribution in [3.05, 3.63) is 64.7 Å². The van der Waals surface area contributed by atoms with E-state index in [1.807, 2.05) is 0 Å². The lowest BCUT2D eigenvalue weighted by Gasteiger charge is -2.08. The Labute approximate surface area is 136 Å². The number of carbonyl (C=O) groups is 4. The maximum Gasteiger partial charge on any atom is 0.336 e. The first-order valence-electron chi connectivity index (χ1n) is 7.00. The maximum atomic E-state index is 12.3. The van der Waals surface area contributed by atoms with Crippen LogP contribution in [0.2, 0.25) is 0 Å². The Bertz CT molecular complexity index is 904. The van der Waals surface area contributed by atoms with E-state index in [-0.39, 0.29) is 22.3 Å². The summed E-state index contributed by atoms with van der Waals surface area (Å²) in [5.74, 6) is -2.67. The van der Waals surface area contributed by atoms with E-state index in [0.29, 0.717) is 5.69 Å². The van der Waals surface area contributed by atoms with Gasteiger partial charge in [-0.15, -0.1) is 0 Å². The van der Waals surface area contributed by atoms with Gasteiger partial charge in [0, 0.05) is 12.7 Å². The Morgan fingerprint density at radius 3 is 2.25 bits per heavy atom. The van der Waals surface area contributed by atoms with Crippen LogP contribution in [0.1, 0.15) is 41.4 Å². The normalized spacial score (nSPS) is 13.0. The van der Waals surface area contributed by atoms with Crippen LogP contribution in [0.4, 0.5) is 5.69 Å². The van der Waals surface area contributed by atoms with Crippen LogP contribution < -0.4 is 5.32 Å². The summed E-state index contributed by atoms with van der Waals surface area (Å²) in [5, 5.41) is 11.7. The van der Waals surface area contributed by atoms with E-state index in [1.165, 1.54) is 43.4 Å². The quantitative estimate of drug-likeness (QED) is 0.839. The molecule has 0 bridgehead atoms. The number of carboxylic acids is 1. The number of rotatable bonds is 3. The van der Waals surface area contributed by atoms with Gasteiger partial charge in [0.15, 0.2) is 0 Å². The molecular weight excluding hydrogens is 312 g/mol. The highest BCUT2D eigenvalue weighted by atomic mass is 16.4. The van der Waals surface area contributed by atoms with Crippen LogP contribution in [-0.2, 0) is 0 Å². The summed E-state index contributed by atoms with van der Waals surface area (Å²) in [6.45, 7) is 0. The molecule has 0 saturated carbocycles. The second-order valence-electron chi connectivity index (χ2n) is 5.23. The van der Waals surface area contributed by atoms with Crippen LogP contribution in [0.5, 0.6) is 0 Å². The van der Waals surface area contributed by atoms with Crippen molar-refractivity contribution in [3.8, 4) is 0 Å². The largest absolute Gasteiger partial charge is 0.478 e. The van der Waals surface area contributed by atoms with E-state index >= 15 is 0 Å². The topological polar surface area (TPSA) is 104 Å². The van der Waals surface area contributed by atoms with E-state index < -0.39 is 23.7 Å². The molecule has 0 aliphatic carbocycles. The van der Waals surface area contributed by atoms with Gasteiger partial charge in [-0.3, -0.25) is 19.3 Å². The van der Waals surface area contributed by atoms with Crippen molar-refractivity contribution in [3.63, 3.8) is 0 Å². The fourth-order valence-electron chi connectivity index (χ4n) is 2.51. The van der Waals surface area contributed by atoms with Gasteiger partial charge in [0.2, 0.25) is 0 Å². The molecule has 0 unspecified atom stereocenters. The highest BCUT2D eigenvalue weighted by molar-refractivity contribution is 6.22. The smallest absolute Gasteiger partial charge is 0.336 e. The van der Waals surface area contributed by atoms with Crippen molar-refractivity contribution in [2.75, 3.05) is 12.4 Å². The van der Waals surface area contributed by atoms with Crippen LogP contribution in [0.25, 0.3) is 0 Å². The molecular formula is C17H12N2O5. The Kier molecular flexibility index (Phi) is 3.61. The molecule has 1 heterocycles. The number of aromatic carboxylic acids is 1. The zero-order chi connectivity index (χ0) is 17.4. The first-order valence-corrected chi connectivity index (χ1v) is 7.00. The molecule has 0 spiro atoms. The third-order valence-corrected chi connectivity index (χ3v) is 3.75. The number of hydrogen-bond donors (Lipinski definition) is 2. The molecule has 3 amide bonds. The van der Waals surface area contributed by atoms with Gasteiger partial charge in [-0.2, -0.15) is 0 Å². The van der Waals surface area contributed by atoms with Gasteiger partial charge in [-0.1, -0.05) is 12.1 Å². The van der Waals surface area contributed by atoms with E-state index in [0.717, 1.165) is 4.90 Å². The molecule has 0 saturated heterocycles. The second kappa shape index (κ2) is 5.62. The summed E-state index contributed by atoms with van der Waals surface area (Å²) < 4.78 is 0. The number of hydrogen-bond acceptors (Lipinski definition) is 4. The summed E-state index contributed by atoms with van der Waals surface area (Å²) in [6.07, 6.45) is 0. The number of benzene rings is 2. The standard InChI is InChI=1S/C17H12N2O5/c1-19-15(21)11-7-6-9(8-13(11)16(19)22)18-14(20)10-4-2-3-5-12(10)17(23)24/h2-8H,1H3,(H,18,20)(H,23,24). The van der Waals surface area contributed by atoms with Crippen LogP contribution in [0, 0.1) is 0 Å². The minimum atomic E-state index is -1.21. The highest BCUT2D eigenvalue weighted by Gasteiger charge is 2.32. The van der Waals surface area contributed by atoms with Crippen LogP contribution in [-0.4, -0.2) is 40.7 Å². The first kappa shape index (κ1) is 15.4. The molecule has 7 heteroatoms. The van der Waals surface area contributed by atoms with Crippen LogP contribution >= 0.6 is 0 Å². The lowest BCUT2D eigenvalue weighted by molar-refractivity contribution is 0.0681. The first-order chi connectivity index (χ1) is 11.4. The lowest BCUT2D eigenvalue weighted by Crippen LogP contribution is -2.24. The summed E-state index contributed by atoms with van der Waals surface area (Å²) in [4.78, 5) is 48.3. The molecule has 0 radical (unpaired) electrons. The summed E-state index contributed by atoms with van der Waals surface area (Å²) in [7, 11) is 1.38. The van der Waals surface area contributed by atoms with Crippen molar-refractivity contribution in [2.45, 2.75) is 0 Å². The fourth-order valence-corrected chi connectivity index (χ4v) is 2.51. The monoisotopic (exact) mass is 324 g/mol. The van der Waals surface area contributed by atoms with Gasteiger partial charge in [0.05, 0.1) is 22.3 Å². The zero-order valence-corrected chi connectivity index (χ0v) is 12.6. The molecule has 2 aromatic carbocycles. The Morgan fingerprint density at radius 1 is 0.958 bits per heavy atom. The number of carboxylic acid groups (broad SMARTS) is 1. The third kappa shape index (κ3) is 2.41. The summed E-state index contributed by atoms with van der Waals surface area (Å²) in [6, 6.07) is 10.2. The zero-order valence-electron chi connectivity index (χ0n) is 12.6. The van der Waals surface area contributed by atoms with Crippen molar-refractivity contribution in [1.29, 1.82) is 0 Å². The Hall–Kier alpha value is -3.48. The van der Waals surface area contributed by atoms with E-state index in [1.54, 1.807) is 6.07 Å². The fraction of sp³-hybridized carbons (Fsp3) is 0.0588. The number of nitrogens with zero attached hydrogens (tertiary/aromatic N) is 1. The predicted molar refractivity (Wildman–Crippen MR) is 84.2 cm³/mol. The molecule has 1 aliphatic heterocycles. The van der Waals surface area contributed by atoms with Crippen LogP contribution in [0.15, 0.2) is 42.5 Å². The molecule has 0 fully saturated rings. The van der Waals surface area contributed by atoms with E-state index in [9.17, 15) is 19.2 Å². The van der Waals surface area contributed by atoms with Crippen molar-refractivity contribution < 1.29 is 24.3 Å². The maximum absolute atomic E-state index is 12.3.